The molecule has 0 spiro atoms. The summed E-state index contributed by atoms with van der Waals surface area (Å²) in [7, 11) is 0. The van der Waals surface area contributed by atoms with E-state index in [-0.39, 0.29) is 12.0 Å². The van der Waals surface area contributed by atoms with Crippen molar-refractivity contribution < 1.29 is 22.8 Å². The van der Waals surface area contributed by atoms with E-state index in [2.05, 4.69) is 5.32 Å². The Kier molecular flexibility index (Phi) is 5.69. The van der Waals surface area contributed by atoms with Crippen LogP contribution in [-0.4, -0.2) is 17.9 Å². The maximum absolute atomic E-state index is 12.7. The van der Waals surface area contributed by atoms with Crippen LogP contribution in [0.1, 0.15) is 21.5 Å². The molecule has 0 unspecified atom stereocenters. The first kappa shape index (κ1) is 18.8. The predicted molar refractivity (Wildman–Crippen MR) is 87.0 cm³/mol. The number of halogens is 4. The van der Waals surface area contributed by atoms with Gasteiger partial charge in [-0.05, 0) is 35.9 Å². The molecule has 2 amide bonds. The van der Waals surface area contributed by atoms with E-state index in [1.807, 2.05) is 0 Å². The van der Waals surface area contributed by atoms with Crippen molar-refractivity contribution in [2.45, 2.75) is 18.6 Å². The van der Waals surface area contributed by atoms with Crippen molar-refractivity contribution >= 4 is 23.4 Å². The van der Waals surface area contributed by atoms with Crippen molar-refractivity contribution in [3.05, 3.63) is 70.2 Å². The number of primary amides is 1. The molecule has 0 aromatic heterocycles. The Morgan fingerprint density at radius 1 is 1.12 bits per heavy atom. The number of rotatable bonds is 5. The number of alkyl halides is 3. The number of nitrogens with two attached hydrogens (primary N) is 1. The highest BCUT2D eigenvalue weighted by atomic mass is 35.5. The maximum Gasteiger partial charge on any atom is 0.416 e. The number of amides is 2. The zero-order valence-electron chi connectivity index (χ0n) is 12.8. The summed E-state index contributed by atoms with van der Waals surface area (Å²) in [5, 5.41) is 2.87. The number of hydrogen-bond acceptors (Lipinski definition) is 2. The topological polar surface area (TPSA) is 72.2 Å². The summed E-state index contributed by atoms with van der Waals surface area (Å²) in [6.07, 6.45) is -4.47. The average molecular weight is 371 g/mol. The quantitative estimate of drug-likeness (QED) is 0.848. The molecular formula is C17H14ClF3N2O2. The molecule has 2 aromatic carbocycles. The second-order valence-corrected chi connectivity index (χ2v) is 5.77. The zero-order chi connectivity index (χ0) is 18.6. The fourth-order valence-corrected chi connectivity index (χ4v) is 2.28. The molecule has 8 heteroatoms. The summed E-state index contributed by atoms with van der Waals surface area (Å²) in [6, 6.07) is 9.41. The number of benzene rings is 2. The lowest BCUT2D eigenvalue weighted by atomic mass is 10.0. The summed E-state index contributed by atoms with van der Waals surface area (Å²) >= 11 is 5.77. The Balaban J connectivity index is 2.15. The van der Waals surface area contributed by atoms with Gasteiger partial charge in [-0.2, -0.15) is 13.2 Å². The van der Waals surface area contributed by atoms with Gasteiger partial charge < -0.3 is 11.1 Å². The van der Waals surface area contributed by atoms with Crippen LogP contribution >= 0.6 is 11.6 Å². The summed E-state index contributed by atoms with van der Waals surface area (Å²) in [4.78, 5) is 23.7. The van der Waals surface area contributed by atoms with Crippen LogP contribution in [0.2, 0.25) is 5.02 Å². The highest BCUT2D eigenvalue weighted by molar-refractivity contribution is 6.30. The molecule has 0 saturated heterocycles. The van der Waals surface area contributed by atoms with Gasteiger partial charge in [-0.15, -0.1) is 0 Å². The smallest absolute Gasteiger partial charge is 0.368 e. The number of carbonyl (C=O) groups is 2. The number of carbonyl (C=O) groups excluding carboxylic acids is 2. The molecule has 2 rings (SSSR count). The molecule has 0 radical (unpaired) electrons. The van der Waals surface area contributed by atoms with Gasteiger partial charge in [-0.25, -0.2) is 0 Å². The van der Waals surface area contributed by atoms with E-state index in [4.69, 9.17) is 17.3 Å². The first-order chi connectivity index (χ1) is 11.7. The standard InChI is InChI=1S/C17H14ClF3N2O2/c18-13-6-4-10(5-7-13)8-14(15(22)24)23-16(25)11-2-1-3-12(9-11)17(19,20)21/h1-7,9,14H,8H2,(H2,22,24)(H,23,25)/t14-/m0/s1. The summed E-state index contributed by atoms with van der Waals surface area (Å²) in [6.45, 7) is 0. The van der Waals surface area contributed by atoms with Crippen molar-refractivity contribution in [2.75, 3.05) is 0 Å². The lowest BCUT2D eigenvalue weighted by molar-refractivity contribution is -0.137. The first-order valence-electron chi connectivity index (χ1n) is 7.18. The van der Waals surface area contributed by atoms with Crippen molar-refractivity contribution in [3.63, 3.8) is 0 Å². The van der Waals surface area contributed by atoms with Crippen LogP contribution in [0.4, 0.5) is 13.2 Å². The Morgan fingerprint density at radius 2 is 1.76 bits per heavy atom. The summed E-state index contributed by atoms with van der Waals surface area (Å²) in [5.41, 5.74) is 4.81. The minimum Gasteiger partial charge on any atom is -0.368 e. The molecule has 0 heterocycles. The normalized spacial score (nSPS) is 12.5. The third kappa shape index (κ3) is 5.22. The van der Waals surface area contributed by atoms with Crippen LogP contribution in [0.25, 0.3) is 0 Å². The second kappa shape index (κ2) is 7.57. The highest BCUT2D eigenvalue weighted by Crippen LogP contribution is 2.29. The molecule has 0 aliphatic heterocycles. The van der Waals surface area contributed by atoms with E-state index < -0.39 is 29.6 Å². The van der Waals surface area contributed by atoms with E-state index in [1.54, 1.807) is 24.3 Å². The third-order valence-corrected chi connectivity index (χ3v) is 3.71. The molecule has 0 aliphatic carbocycles. The van der Waals surface area contributed by atoms with Gasteiger partial charge in [-0.3, -0.25) is 9.59 Å². The Morgan fingerprint density at radius 3 is 2.32 bits per heavy atom. The van der Waals surface area contributed by atoms with Crippen LogP contribution in [0.15, 0.2) is 48.5 Å². The monoisotopic (exact) mass is 370 g/mol. The molecule has 25 heavy (non-hydrogen) atoms. The van der Waals surface area contributed by atoms with E-state index >= 15 is 0 Å². The van der Waals surface area contributed by atoms with Crippen LogP contribution in [-0.2, 0) is 17.4 Å². The lowest BCUT2D eigenvalue weighted by Gasteiger charge is -2.16. The molecule has 0 fully saturated rings. The fourth-order valence-electron chi connectivity index (χ4n) is 2.16. The summed E-state index contributed by atoms with van der Waals surface area (Å²) in [5.74, 6) is -1.61. The minimum absolute atomic E-state index is 0.0944. The SMILES string of the molecule is NC(=O)[C@H](Cc1ccc(Cl)cc1)NC(=O)c1cccc(C(F)(F)F)c1. The van der Waals surface area contributed by atoms with Gasteiger partial charge in [0.2, 0.25) is 5.91 Å². The summed E-state index contributed by atoms with van der Waals surface area (Å²) < 4.78 is 38.2. The van der Waals surface area contributed by atoms with Crippen molar-refractivity contribution in [3.8, 4) is 0 Å². The molecule has 1 atom stereocenters. The minimum atomic E-state index is -4.57. The molecule has 0 aliphatic rings. The predicted octanol–water partition coefficient (Wildman–Crippen LogP) is 3.19. The molecule has 2 aromatic rings. The van der Waals surface area contributed by atoms with Gasteiger partial charge >= 0.3 is 6.18 Å². The Bertz CT molecular complexity index is 776. The van der Waals surface area contributed by atoms with Crippen molar-refractivity contribution in [1.82, 2.24) is 5.32 Å². The van der Waals surface area contributed by atoms with Crippen LogP contribution in [0, 0.1) is 0 Å². The van der Waals surface area contributed by atoms with Crippen LogP contribution in [0.5, 0.6) is 0 Å². The van der Waals surface area contributed by atoms with Gasteiger partial charge in [0.1, 0.15) is 6.04 Å². The van der Waals surface area contributed by atoms with Gasteiger partial charge in [0.15, 0.2) is 0 Å². The molecule has 132 valence electrons. The van der Waals surface area contributed by atoms with Gasteiger partial charge in [0.05, 0.1) is 5.56 Å². The van der Waals surface area contributed by atoms with Gasteiger partial charge in [0.25, 0.3) is 5.91 Å². The van der Waals surface area contributed by atoms with Crippen molar-refractivity contribution in [2.24, 2.45) is 5.73 Å². The third-order valence-electron chi connectivity index (χ3n) is 3.45. The number of nitrogens with one attached hydrogen (secondary N) is 1. The van der Waals surface area contributed by atoms with Gasteiger partial charge in [0, 0.05) is 17.0 Å². The van der Waals surface area contributed by atoms with Gasteiger partial charge in [-0.1, -0.05) is 29.8 Å². The maximum atomic E-state index is 12.7. The molecule has 0 bridgehead atoms. The highest BCUT2D eigenvalue weighted by Gasteiger charge is 2.31. The zero-order valence-corrected chi connectivity index (χ0v) is 13.6. The fraction of sp³-hybridized carbons (Fsp3) is 0.176. The average Bonchev–Trinajstić information content (AvgIpc) is 2.55. The number of hydrogen-bond donors (Lipinski definition) is 2. The van der Waals surface area contributed by atoms with Crippen molar-refractivity contribution in [1.29, 1.82) is 0 Å². The van der Waals surface area contributed by atoms with E-state index in [0.717, 1.165) is 18.2 Å². The van der Waals surface area contributed by atoms with E-state index in [1.165, 1.54) is 6.07 Å². The molecule has 3 N–H and O–H groups in total. The van der Waals surface area contributed by atoms with E-state index in [9.17, 15) is 22.8 Å². The molecule has 0 saturated carbocycles. The Hall–Kier alpha value is -2.54. The van der Waals surface area contributed by atoms with Crippen LogP contribution < -0.4 is 11.1 Å². The molecular weight excluding hydrogens is 357 g/mol. The lowest BCUT2D eigenvalue weighted by Crippen LogP contribution is -2.45. The Labute approximate surface area is 146 Å². The van der Waals surface area contributed by atoms with E-state index in [0.29, 0.717) is 10.6 Å². The second-order valence-electron chi connectivity index (χ2n) is 5.34. The largest absolute Gasteiger partial charge is 0.416 e. The molecule has 4 nitrogen and oxygen atoms in total. The van der Waals surface area contributed by atoms with Crippen LogP contribution in [0.3, 0.4) is 0 Å². The first-order valence-corrected chi connectivity index (χ1v) is 7.56.